The van der Waals surface area contributed by atoms with Crippen LogP contribution in [0.15, 0.2) is 28.1 Å². The summed E-state index contributed by atoms with van der Waals surface area (Å²) in [5.41, 5.74) is 2.80. The van der Waals surface area contributed by atoms with Crippen molar-refractivity contribution in [1.82, 2.24) is 14.8 Å². The second kappa shape index (κ2) is 7.82. The second-order valence-corrected chi connectivity index (χ2v) is 8.55. The zero-order valence-corrected chi connectivity index (χ0v) is 16.2. The average molecular weight is 412 g/mol. The van der Waals surface area contributed by atoms with Gasteiger partial charge in [-0.1, -0.05) is 12.2 Å². The van der Waals surface area contributed by atoms with Crippen molar-refractivity contribution in [3.8, 4) is 0 Å². The van der Waals surface area contributed by atoms with Crippen LogP contribution in [0.1, 0.15) is 17.4 Å². The molecule has 2 aromatic rings. The Bertz CT molecular complexity index is 746. The van der Waals surface area contributed by atoms with Gasteiger partial charge in [-0.25, -0.2) is 0 Å². The molecule has 1 N–H and O–H groups in total. The average Bonchev–Trinajstić information content (AvgIpc) is 3.05. The third-order valence-corrected chi connectivity index (χ3v) is 5.61. The summed E-state index contributed by atoms with van der Waals surface area (Å²) >= 11 is 5.16. The summed E-state index contributed by atoms with van der Waals surface area (Å²) < 4.78 is 9.57. The van der Waals surface area contributed by atoms with Crippen LogP contribution in [0.2, 0.25) is 0 Å². The van der Waals surface area contributed by atoms with Crippen LogP contribution >= 0.6 is 27.3 Å². The van der Waals surface area contributed by atoms with Crippen molar-refractivity contribution >= 4 is 43.4 Å². The molecule has 24 heavy (non-hydrogen) atoms. The van der Waals surface area contributed by atoms with Gasteiger partial charge in [-0.15, -0.1) is 11.3 Å². The Balaban J connectivity index is 1.69. The van der Waals surface area contributed by atoms with Crippen molar-refractivity contribution in [3.05, 3.63) is 33.8 Å². The van der Waals surface area contributed by atoms with Crippen LogP contribution < -0.4 is 5.32 Å². The summed E-state index contributed by atoms with van der Waals surface area (Å²) in [6.45, 7) is 11.6. The number of nitrogens with zero attached hydrogens (tertiary/aromatic N) is 2. The monoisotopic (exact) mass is 411 g/mol. The molecule has 0 aromatic carbocycles. The number of carbonyl (C=O) groups is 1. The molecule has 0 aliphatic carbocycles. The van der Waals surface area contributed by atoms with Crippen molar-refractivity contribution in [1.29, 1.82) is 0 Å². The van der Waals surface area contributed by atoms with Gasteiger partial charge in [0.05, 0.1) is 27.2 Å². The van der Waals surface area contributed by atoms with E-state index in [0.29, 0.717) is 18.8 Å². The van der Waals surface area contributed by atoms with Crippen molar-refractivity contribution in [2.45, 2.75) is 13.5 Å². The smallest absolute Gasteiger partial charge is 0.268 e. The number of allylic oxidation sites excluding steroid dienone is 1. The minimum atomic E-state index is -0.0240. The third-order valence-electron chi connectivity index (χ3n) is 4.04. The van der Waals surface area contributed by atoms with E-state index in [1.807, 2.05) is 17.6 Å². The van der Waals surface area contributed by atoms with Crippen LogP contribution in [0.5, 0.6) is 0 Å². The van der Waals surface area contributed by atoms with Gasteiger partial charge in [0.2, 0.25) is 0 Å². The normalized spacial score (nSPS) is 15.8. The summed E-state index contributed by atoms with van der Waals surface area (Å²) in [6, 6.07) is 4.03. The Morgan fingerprint density at radius 2 is 2.17 bits per heavy atom. The Morgan fingerprint density at radius 3 is 2.88 bits per heavy atom. The summed E-state index contributed by atoms with van der Waals surface area (Å²) in [6.07, 6.45) is 0. The van der Waals surface area contributed by atoms with Crippen LogP contribution in [0.25, 0.3) is 10.2 Å². The van der Waals surface area contributed by atoms with Gasteiger partial charge in [-0.3, -0.25) is 9.69 Å². The van der Waals surface area contributed by atoms with E-state index in [2.05, 4.69) is 38.8 Å². The maximum Gasteiger partial charge on any atom is 0.268 e. The first kappa shape index (κ1) is 17.7. The minimum Gasteiger partial charge on any atom is -0.379 e. The fraction of sp³-hybridized carbons (Fsp3) is 0.471. The van der Waals surface area contributed by atoms with E-state index in [4.69, 9.17) is 4.74 Å². The molecule has 1 aliphatic heterocycles. The number of carbonyl (C=O) groups excluding carboxylic acids is 1. The highest BCUT2D eigenvalue weighted by molar-refractivity contribution is 9.11. The van der Waals surface area contributed by atoms with E-state index in [-0.39, 0.29) is 5.91 Å². The van der Waals surface area contributed by atoms with Crippen LogP contribution in [-0.4, -0.2) is 54.8 Å². The van der Waals surface area contributed by atoms with Gasteiger partial charge in [0, 0.05) is 32.7 Å². The predicted octanol–water partition coefficient (Wildman–Crippen LogP) is 3.10. The van der Waals surface area contributed by atoms with Gasteiger partial charge in [0.1, 0.15) is 5.69 Å². The number of aromatic nitrogens is 1. The Kier molecular flexibility index (Phi) is 5.76. The number of morpholine rings is 1. The molecule has 0 atom stereocenters. The number of nitrogens with one attached hydrogen (secondary N) is 1. The molecule has 3 heterocycles. The van der Waals surface area contributed by atoms with Crippen molar-refractivity contribution in [2.75, 3.05) is 39.4 Å². The zero-order valence-electron chi connectivity index (χ0n) is 13.8. The maximum absolute atomic E-state index is 12.6. The minimum absolute atomic E-state index is 0.0240. The second-order valence-electron chi connectivity index (χ2n) is 6.08. The van der Waals surface area contributed by atoms with Crippen LogP contribution in [0.4, 0.5) is 0 Å². The fourth-order valence-corrected chi connectivity index (χ4v) is 4.45. The van der Waals surface area contributed by atoms with Gasteiger partial charge in [0.15, 0.2) is 0 Å². The molecule has 130 valence electrons. The molecule has 1 aliphatic rings. The van der Waals surface area contributed by atoms with Crippen LogP contribution in [0.3, 0.4) is 0 Å². The van der Waals surface area contributed by atoms with E-state index in [0.717, 1.165) is 52.4 Å². The van der Waals surface area contributed by atoms with E-state index < -0.39 is 0 Å². The molecule has 0 unspecified atom stereocenters. The molecule has 2 aromatic heterocycles. The number of amides is 1. The highest BCUT2D eigenvalue weighted by Crippen LogP contribution is 2.32. The summed E-state index contributed by atoms with van der Waals surface area (Å²) in [4.78, 5) is 14.9. The molecule has 0 spiro atoms. The first-order valence-electron chi connectivity index (χ1n) is 8.06. The number of ether oxygens (including phenoxy) is 1. The number of halogens is 1. The lowest BCUT2D eigenvalue weighted by Crippen LogP contribution is -2.41. The number of hydrogen-bond donors (Lipinski definition) is 1. The van der Waals surface area contributed by atoms with E-state index in [9.17, 15) is 4.79 Å². The lowest BCUT2D eigenvalue weighted by Gasteiger charge is -2.26. The number of hydrogen-bond acceptors (Lipinski definition) is 4. The molecule has 7 heteroatoms. The van der Waals surface area contributed by atoms with Crippen LogP contribution in [-0.2, 0) is 11.3 Å². The molecular weight excluding hydrogens is 390 g/mol. The SMILES string of the molecule is C=C(C)Cn1c(C(=O)NCCN2CCOCC2)cc2sc(Br)cc21. The first-order valence-corrected chi connectivity index (χ1v) is 9.67. The number of fused-ring (bicyclic) bond motifs is 1. The summed E-state index contributed by atoms with van der Waals surface area (Å²) in [5, 5.41) is 3.05. The fourth-order valence-electron chi connectivity index (χ4n) is 2.88. The predicted molar refractivity (Wildman–Crippen MR) is 102 cm³/mol. The largest absolute Gasteiger partial charge is 0.379 e. The van der Waals surface area contributed by atoms with E-state index in [1.54, 1.807) is 11.3 Å². The zero-order chi connectivity index (χ0) is 17.1. The summed E-state index contributed by atoms with van der Waals surface area (Å²) in [5.74, 6) is -0.0240. The van der Waals surface area contributed by atoms with E-state index in [1.165, 1.54) is 0 Å². The van der Waals surface area contributed by atoms with Crippen molar-refractivity contribution in [2.24, 2.45) is 0 Å². The van der Waals surface area contributed by atoms with Gasteiger partial charge < -0.3 is 14.6 Å². The summed E-state index contributed by atoms with van der Waals surface area (Å²) in [7, 11) is 0. The Labute approximate surface area is 154 Å². The van der Waals surface area contributed by atoms with Gasteiger partial charge in [0.25, 0.3) is 5.91 Å². The topological polar surface area (TPSA) is 46.5 Å². The molecule has 0 radical (unpaired) electrons. The first-order chi connectivity index (χ1) is 11.5. The molecule has 0 saturated carbocycles. The highest BCUT2D eigenvalue weighted by atomic mass is 79.9. The Hall–Kier alpha value is -1.15. The standard InChI is InChI=1S/C17H22BrN3O2S/c1-12(2)11-21-13-10-16(18)24-15(13)9-14(21)17(22)19-3-4-20-5-7-23-8-6-20/h9-10H,1,3-8,11H2,2H3,(H,19,22). The molecule has 3 rings (SSSR count). The van der Waals surface area contributed by atoms with Crippen molar-refractivity contribution in [3.63, 3.8) is 0 Å². The number of rotatable bonds is 6. The highest BCUT2D eigenvalue weighted by Gasteiger charge is 2.18. The molecular formula is C17H22BrN3O2S. The lowest BCUT2D eigenvalue weighted by molar-refractivity contribution is 0.0383. The number of thiophene rings is 1. The molecule has 1 fully saturated rings. The molecule has 0 bridgehead atoms. The van der Waals surface area contributed by atoms with Crippen molar-refractivity contribution < 1.29 is 9.53 Å². The third kappa shape index (κ3) is 4.08. The Morgan fingerprint density at radius 1 is 1.42 bits per heavy atom. The molecule has 1 amide bonds. The van der Waals surface area contributed by atoms with Gasteiger partial charge in [-0.05, 0) is 35.0 Å². The van der Waals surface area contributed by atoms with Crippen LogP contribution in [0, 0.1) is 0 Å². The van der Waals surface area contributed by atoms with Gasteiger partial charge in [-0.2, -0.15) is 0 Å². The lowest BCUT2D eigenvalue weighted by atomic mass is 10.3. The molecule has 5 nitrogen and oxygen atoms in total. The van der Waals surface area contributed by atoms with Gasteiger partial charge >= 0.3 is 0 Å². The quantitative estimate of drug-likeness (QED) is 0.742. The molecule has 1 saturated heterocycles. The van der Waals surface area contributed by atoms with E-state index >= 15 is 0 Å². The maximum atomic E-state index is 12.6.